The van der Waals surface area contributed by atoms with E-state index in [-0.39, 0.29) is 11.9 Å². The smallest absolute Gasteiger partial charge is 0.222 e. The summed E-state index contributed by atoms with van der Waals surface area (Å²) in [6.45, 7) is 2.91. The van der Waals surface area contributed by atoms with E-state index in [1.165, 1.54) is 9.13 Å². The number of rotatable bonds is 2. The van der Waals surface area contributed by atoms with E-state index >= 15 is 0 Å². The zero-order chi connectivity index (χ0) is 12.3. The Bertz CT molecular complexity index is 420. The van der Waals surface area contributed by atoms with Crippen LogP contribution in [0.3, 0.4) is 0 Å². The fourth-order valence-corrected chi connectivity index (χ4v) is 2.53. The molecule has 1 fully saturated rings. The van der Waals surface area contributed by atoms with Crippen molar-refractivity contribution in [3.63, 3.8) is 0 Å². The molecule has 1 aliphatic rings. The van der Waals surface area contributed by atoms with Gasteiger partial charge in [-0.2, -0.15) is 0 Å². The number of carbonyl (C=O) groups excluding carboxylic acids is 1. The van der Waals surface area contributed by atoms with Gasteiger partial charge in [0, 0.05) is 28.3 Å². The van der Waals surface area contributed by atoms with E-state index in [9.17, 15) is 4.79 Å². The Morgan fingerprint density at radius 1 is 1.47 bits per heavy atom. The van der Waals surface area contributed by atoms with Crippen LogP contribution in [-0.4, -0.2) is 18.5 Å². The Balaban J connectivity index is 2.03. The second-order valence-electron chi connectivity index (χ2n) is 4.50. The van der Waals surface area contributed by atoms with Crippen LogP contribution in [0.25, 0.3) is 0 Å². The number of hydrogen-bond acceptors (Lipinski definition) is 2. The zero-order valence-corrected chi connectivity index (χ0v) is 12.1. The van der Waals surface area contributed by atoms with Gasteiger partial charge in [0.1, 0.15) is 0 Å². The number of nitrogens with one attached hydrogen (secondary N) is 2. The van der Waals surface area contributed by atoms with E-state index in [1.807, 2.05) is 0 Å². The third-order valence-corrected chi connectivity index (χ3v) is 4.19. The minimum Gasteiger partial charge on any atom is -0.382 e. The third-order valence-electron chi connectivity index (χ3n) is 3.03. The van der Waals surface area contributed by atoms with Gasteiger partial charge in [0.2, 0.25) is 5.91 Å². The molecule has 1 aliphatic heterocycles. The van der Waals surface area contributed by atoms with Crippen molar-refractivity contribution in [1.29, 1.82) is 0 Å². The minimum atomic E-state index is 0.154. The fourth-order valence-electron chi connectivity index (χ4n) is 2.02. The molecule has 4 heteroatoms. The number of benzene rings is 1. The first-order chi connectivity index (χ1) is 8.15. The van der Waals surface area contributed by atoms with Crippen LogP contribution >= 0.6 is 22.6 Å². The molecule has 2 N–H and O–H groups in total. The first-order valence-corrected chi connectivity index (χ1v) is 7.02. The average Bonchev–Trinajstić information content (AvgIpc) is 2.48. The van der Waals surface area contributed by atoms with Crippen molar-refractivity contribution < 1.29 is 4.79 Å². The van der Waals surface area contributed by atoms with Crippen LogP contribution < -0.4 is 10.6 Å². The molecule has 0 aliphatic carbocycles. The molecule has 0 radical (unpaired) electrons. The van der Waals surface area contributed by atoms with E-state index in [0.717, 1.165) is 25.1 Å². The van der Waals surface area contributed by atoms with Gasteiger partial charge in [-0.3, -0.25) is 4.79 Å². The van der Waals surface area contributed by atoms with Crippen LogP contribution in [0.4, 0.5) is 5.69 Å². The Morgan fingerprint density at radius 2 is 2.29 bits per heavy atom. The van der Waals surface area contributed by atoms with Gasteiger partial charge in [-0.15, -0.1) is 0 Å². The van der Waals surface area contributed by atoms with Crippen LogP contribution in [0.5, 0.6) is 0 Å². The van der Waals surface area contributed by atoms with Crippen molar-refractivity contribution in [1.82, 2.24) is 5.32 Å². The van der Waals surface area contributed by atoms with Gasteiger partial charge in [0.15, 0.2) is 0 Å². The molecule has 17 heavy (non-hydrogen) atoms. The van der Waals surface area contributed by atoms with Gasteiger partial charge < -0.3 is 10.6 Å². The van der Waals surface area contributed by atoms with E-state index in [4.69, 9.17) is 0 Å². The standard InChI is InChI=1S/C13H17IN2O/c1-9-4-5-11(7-12(9)14)16-10-3-2-6-15-13(17)8-10/h4-5,7,10,16H,2-3,6,8H2,1H3,(H,15,17). The van der Waals surface area contributed by atoms with Gasteiger partial charge in [0.05, 0.1) is 0 Å². The Labute approximate surface area is 116 Å². The van der Waals surface area contributed by atoms with Gasteiger partial charge in [0.25, 0.3) is 0 Å². The summed E-state index contributed by atoms with van der Waals surface area (Å²) in [6, 6.07) is 6.59. The first-order valence-electron chi connectivity index (χ1n) is 5.94. The maximum absolute atomic E-state index is 11.5. The fraction of sp³-hybridized carbons (Fsp3) is 0.462. The van der Waals surface area contributed by atoms with Crippen molar-refractivity contribution >= 4 is 34.2 Å². The van der Waals surface area contributed by atoms with Crippen LogP contribution in [0, 0.1) is 10.5 Å². The van der Waals surface area contributed by atoms with Crippen LogP contribution in [0.2, 0.25) is 0 Å². The third kappa shape index (κ3) is 3.59. The monoisotopic (exact) mass is 344 g/mol. The van der Waals surface area contributed by atoms with Gasteiger partial charge >= 0.3 is 0 Å². The lowest BCUT2D eigenvalue weighted by atomic mass is 10.1. The van der Waals surface area contributed by atoms with Crippen LogP contribution in [0.1, 0.15) is 24.8 Å². The molecule has 1 aromatic rings. The largest absolute Gasteiger partial charge is 0.382 e. The lowest BCUT2D eigenvalue weighted by Crippen LogP contribution is -2.26. The summed E-state index contributed by atoms with van der Waals surface area (Å²) in [6.07, 6.45) is 2.67. The molecular formula is C13H17IN2O. The number of hydrogen-bond donors (Lipinski definition) is 2. The first kappa shape index (κ1) is 12.7. The summed E-state index contributed by atoms with van der Waals surface area (Å²) in [4.78, 5) is 11.5. The molecule has 2 rings (SSSR count). The van der Waals surface area contributed by atoms with Crippen LogP contribution in [-0.2, 0) is 4.79 Å². The van der Waals surface area contributed by atoms with E-state index in [1.54, 1.807) is 0 Å². The maximum atomic E-state index is 11.5. The molecule has 1 heterocycles. The van der Waals surface area contributed by atoms with Crippen molar-refractivity contribution in [3.05, 3.63) is 27.3 Å². The molecular weight excluding hydrogens is 327 g/mol. The van der Waals surface area contributed by atoms with Crippen molar-refractivity contribution in [2.24, 2.45) is 0 Å². The van der Waals surface area contributed by atoms with Crippen LogP contribution in [0.15, 0.2) is 18.2 Å². The molecule has 1 unspecified atom stereocenters. The SMILES string of the molecule is Cc1ccc(NC2CCCNC(=O)C2)cc1I. The average molecular weight is 344 g/mol. The Kier molecular flexibility index (Phi) is 4.25. The highest BCUT2D eigenvalue weighted by molar-refractivity contribution is 14.1. The summed E-state index contributed by atoms with van der Waals surface area (Å²) in [5.41, 5.74) is 2.40. The summed E-state index contributed by atoms with van der Waals surface area (Å²) in [7, 11) is 0. The minimum absolute atomic E-state index is 0.154. The lowest BCUT2D eigenvalue weighted by Gasteiger charge is -2.17. The molecule has 1 amide bonds. The summed E-state index contributed by atoms with van der Waals surface area (Å²) >= 11 is 2.34. The Hall–Kier alpha value is -0.780. The number of halogens is 1. The molecule has 0 saturated carbocycles. The molecule has 1 aromatic carbocycles. The topological polar surface area (TPSA) is 41.1 Å². The summed E-state index contributed by atoms with van der Waals surface area (Å²) in [5, 5.41) is 6.35. The predicted octanol–water partition coefficient (Wildman–Crippen LogP) is 2.68. The van der Waals surface area contributed by atoms with Gasteiger partial charge in [-0.1, -0.05) is 6.07 Å². The predicted molar refractivity (Wildman–Crippen MR) is 78.2 cm³/mol. The normalized spacial score (nSPS) is 20.6. The second kappa shape index (κ2) is 5.71. The molecule has 0 aromatic heterocycles. The maximum Gasteiger partial charge on any atom is 0.222 e. The number of aryl methyl sites for hydroxylation is 1. The molecule has 0 bridgehead atoms. The van der Waals surface area contributed by atoms with E-state index in [2.05, 4.69) is 58.3 Å². The number of amides is 1. The molecule has 1 atom stereocenters. The second-order valence-corrected chi connectivity index (χ2v) is 5.66. The van der Waals surface area contributed by atoms with E-state index < -0.39 is 0 Å². The van der Waals surface area contributed by atoms with Crippen molar-refractivity contribution in [3.8, 4) is 0 Å². The zero-order valence-electron chi connectivity index (χ0n) is 9.92. The molecule has 92 valence electrons. The Morgan fingerprint density at radius 3 is 3.06 bits per heavy atom. The highest BCUT2D eigenvalue weighted by Crippen LogP contribution is 2.20. The lowest BCUT2D eigenvalue weighted by molar-refractivity contribution is -0.120. The molecule has 0 spiro atoms. The summed E-state index contributed by atoms with van der Waals surface area (Å²) < 4.78 is 1.26. The van der Waals surface area contributed by atoms with Crippen molar-refractivity contribution in [2.75, 3.05) is 11.9 Å². The summed E-state index contributed by atoms with van der Waals surface area (Å²) in [5.74, 6) is 0.154. The number of carbonyl (C=O) groups is 1. The highest BCUT2D eigenvalue weighted by atomic mass is 127. The van der Waals surface area contributed by atoms with Gasteiger partial charge in [-0.25, -0.2) is 0 Å². The van der Waals surface area contributed by atoms with Gasteiger partial charge in [-0.05, 0) is 60.1 Å². The van der Waals surface area contributed by atoms with Crippen molar-refractivity contribution in [2.45, 2.75) is 32.2 Å². The molecule has 1 saturated heterocycles. The number of anilines is 1. The quantitative estimate of drug-likeness (QED) is 0.810. The highest BCUT2D eigenvalue weighted by Gasteiger charge is 2.16. The molecule has 3 nitrogen and oxygen atoms in total. The van der Waals surface area contributed by atoms with E-state index in [0.29, 0.717) is 6.42 Å².